The predicted molar refractivity (Wildman–Crippen MR) is 118 cm³/mol. The van der Waals surface area contributed by atoms with Crippen molar-refractivity contribution in [3.8, 4) is 5.75 Å². The molecule has 0 aliphatic carbocycles. The van der Waals surface area contributed by atoms with E-state index in [1.165, 1.54) is 30.7 Å². The summed E-state index contributed by atoms with van der Waals surface area (Å²) in [5, 5.41) is 15.9. The van der Waals surface area contributed by atoms with Gasteiger partial charge in [0.2, 0.25) is 0 Å². The van der Waals surface area contributed by atoms with E-state index in [9.17, 15) is 23.1 Å². The molecule has 3 N–H and O–H groups in total. The van der Waals surface area contributed by atoms with Gasteiger partial charge in [0.25, 0.3) is 20.9 Å². The van der Waals surface area contributed by atoms with Crippen LogP contribution in [0.1, 0.15) is 25.1 Å². The zero-order valence-corrected chi connectivity index (χ0v) is 18.9. The van der Waals surface area contributed by atoms with Gasteiger partial charge in [0, 0.05) is 19.4 Å². The van der Waals surface area contributed by atoms with Crippen LogP contribution < -0.4 is 21.5 Å². The topological polar surface area (TPSA) is 151 Å². The summed E-state index contributed by atoms with van der Waals surface area (Å²) in [6.45, 7) is 1.86. The van der Waals surface area contributed by atoms with Crippen LogP contribution in [0.15, 0.2) is 45.2 Å². The summed E-state index contributed by atoms with van der Waals surface area (Å²) in [6, 6.07) is 2.11. The Morgan fingerprint density at radius 2 is 1.91 bits per heavy atom. The number of hydrogen-bond donors (Lipinski definition) is 3. The number of nitrogens with zero attached hydrogens (tertiary/aromatic N) is 3. The number of benzene rings is 1. The molecule has 0 amide bonds. The molecule has 0 fully saturated rings. The summed E-state index contributed by atoms with van der Waals surface area (Å²) >= 11 is 6.00. The van der Waals surface area contributed by atoms with Gasteiger partial charge in [-0.05, 0) is 18.6 Å². The zero-order valence-electron chi connectivity index (χ0n) is 17.3. The molecule has 0 aliphatic heterocycles. The summed E-state index contributed by atoms with van der Waals surface area (Å²) in [6.07, 6.45) is 5.09. The number of rotatable bonds is 9. The largest absolute Gasteiger partial charge is 0.504 e. The molecule has 13 heteroatoms. The molecule has 1 heterocycles. The van der Waals surface area contributed by atoms with E-state index >= 15 is 0 Å². The fourth-order valence-electron chi connectivity index (χ4n) is 2.95. The lowest BCUT2D eigenvalue weighted by Gasteiger charge is -2.22. The fraction of sp³-hybridized carbons (Fsp3) is 0.263. The molecule has 0 aliphatic rings. The Bertz CT molecular complexity index is 1310. The van der Waals surface area contributed by atoms with Gasteiger partial charge in [-0.3, -0.25) is 24.4 Å². The van der Waals surface area contributed by atoms with Gasteiger partial charge >= 0.3 is 0 Å². The van der Waals surface area contributed by atoms with E-state index in [4.69, 9.17) is 16.4 Å². The third-order valence-electron chi connectivity index (χ3n) is 4.77. The minimum absolute atomic E-state index is 0.0136. The maximum atomic E-state index is 12.6. The van der Waals surface area contributed by atoms with Gasteiger partial charge in [-0.2, -0.15) is 0 Å². The Kier molecular flexibility index (Phi) is 6.79. The molecule has 1 unspecified atom stereocenters. The van der Waals surface area contributed by atoms with Gasteiger partial charge in [-0.25, -0.2) is 8.42 Å². The summed E-state index contributed by atoms with van der Waals surface area (Å²) in [5.41, 5.74) is -1.29. The maximum Gasteiger partial charge on any atom is 0.269 e. The number of phenolic OH excluding ortho intramolecular Hbond substituents is 1. The third kappa shape index (κ3) is 4.17. The number of halogens is 1. The van der Waals surface area contributed by atoms with Gasteiger partial charge in [-0.15, -0.1) is 0 Å². The monoisotopic (exact) mass is 481 g/mol. The van der Waals surface area contributed by atoms with Crippen molar-refractivity contribution in [1.82, 2.24) is 14.4 Å². The second kappa shape index (κ2) is 9.20. The number of phenols is 1. The normalized spacial score (nSPS) is 12.8. The number of nitrogens with one attached hydrogen (secondary N) is 2. The van der Waals surface area contributed by atoms with E-state index < -0.39 is 37.6 Å². The number of hydroxylamine groups is 1. The molecular formula is C19H20ClN5O6S. The summed E-state index contributed by atoms with van der Waals surface area (Å²) < 4.78 is 25.8. The molecule has 1 aromatic heterocycles. The first-order chi connectivity index (χ1) is 15.1. The highest BCUT2D eigenvalue weighted by molar-refractivity contribution is 7.89. The van der Waals surface area contributed by atoms with Crippen LogP contribution in [0.3, 0.4) is 0 Å². The first-order valence-corrected chi connectivity index (χ1v) is 11.1. The SMILES string of the molecule is CCC(Nc1c(Nc2ccc(Cl)c(S(=O)(=O)N(C)OC)c2O)c(=O)c1=O)c1cnccn1. The lowest BCUT2D eigenvalue weighted by atomic mass is 10.1. The van der Waals surface area contributed by atoms with Crippen LogP contribution in [-0.2, 0) is 14.9 Å². The Labute approximate surface area is 188 Å². The van der Waals surface area contributed by atoms with Crippen LogP contribution in [0.25, 0.3) is 0 Å². The van der Waals surface area contributed by atoms with E-state index in [-0.39, 0.29) is 22.1 Å². The van der Waals surface area contributed by atoms with Crippen molar-refractivity contribution in [2.75, 3.05) is 24.8 Å². The van der Waals surface area contributed by atoms with Crippen LogP contribution in [0.2, 0.25) is 5.02 Å². The Hall–Kier alpha value is -3.06. The quantitative estimate of drug-likeness (QED) is 0.235. The second-order valence-electron chi connectivity index (χ2n) is 6.64. The number of aromatic hydroxyl groups is 1. The van der Waals surface area contributed by atoms with E-state index in [0.29, 0.717) is 16.6 Å². The Balaban J connectivity index is 1.98. The van der Waals surface area contributed by atoms with Crippen molar-refractivity contribution in [3.63, 3.8) is 0 Å². The van der Waals surface area contributed by atoms with E-state index in [1.54, 1.807) is 0 Å². The van der Waals surface area contributed by atoms with Crippen LogP contribution in [0.4, 0.5) is 17.1 Å². The molecule has 0 bridgehead atoms. The number of hydrogen-bond acceptors (Lipinski definition) is 10. The molecule has 170 valence electrons. The van der Waals surface area contributed by atoms with Crippen molar-refractivity contribution in [3.05, 3.63) is 61.9 Å². The average Bonchev–Trinajstić information content (AvgIpc) is 2.79. The highest BCUT2D eigenvalue weighted by Gasteiger charge is 2.31. The summed E-state index contributed by atoms with van der Waals surface area (Å²) in [7, 11) is -2.05. The zero-order chi connectivity index (χ0) is 23.6. The molecular weight excluding hydrogens is 462 g/mol. The number of sulfonamides is 1. The van der Waals surface area contributed by atoms with Crippen LogP contribution in [0.5, 0.6) is 5.75 Å². The predicted octanol–water partition coefficient (Wildman–Crippen LogP) is 1.92. The van der Waals surface area contributed by atoms with Gasteiger partial charge < -0.3 is 15.7 Å². The third-order valence-corrected chi connectivity index (χ3v) is 6.96. The van der Waals surface area contributed by atoms with Gasteiger partial charge in [0.1, 0.15) is 16.3 Å². The Morgan fingerprint density at radius 1 is 1.22 bits per heavy atom. The molecule has 2 aromatic carbocycles. The van der Waals surface area contributed by atoms with Crippen molar-refractivity contribution in [2.24, 2.45) is 0 Å². The maximum absolute atomic E-state index is 12.6. The van der Waals surface area contributed by atoms with Crippen molar-refractivity contribution in [1.29, 1.82) is 0 Å². The molecule has 3 aromatic rings. The molecule has 0 saturated heterocycles. The molecule has 3 rings (SSSR count). The first-order valence-electron chi connectivity index (χ1n) is 9.30. The lowest BCUT2D eigenvalue weighted by molar-refractivity contribution is -0.0259. The lowest BCUT2D eigenvalue weighted by Crippen LogP contribution is -2.37. The van der Waals surface area contributed by atoms with Gasteiger partial charge in [-0.1, -0.05) is 23.0 Å². The van der Waals surface area contributed by atoms with Crippen molar-refractivity contribution >= 4 is 38.7 Å². The second-order valence-corrected chi connectivity index (χ2v) is 8.92. The molecule has 11 nitrogen and oxygen atoms in total. The van der Waals surface area contributed by atoms with E-state index in [2.05, 4.69) is 20.6 Å². The standard InChI is InChI=1S/C19H20ClN5O6S/c1-4-11(13-9-21-7-8-22-13)23-14-15(18(28)17(14)27)24-12-6-5-10(20)19(16(12)26)32(29,30)25(2)31-3/h5-9,11,23-24,26H,4H2,1-3H3. The molecule has 0 spiro atoms. The molecule has 1 atom stereocenters. The van der Waals surface area contributed by atoms with Crippen LogP contribution in [-0.4, -0.2) is 42.1 Å². The highest BCUT2D eigenvalue weighted by Crippen LogP contribution is 2.40. The molecule has 32 heavy (non-hydrogen) atoms. The number of anilines is 3. The highest BCUT2D eigenvalue weighted by atomic mass is 35.5. The molecule has 0 saturated carbocycles. The van der Waals surface area contributed by atoms with E-state index in [1.807, 2.05) is 6.92 Å². The smallest absolute Gasteiger partial charge is 0.269 e. The van der Waals surface area contributed by atoms with Crippen molar-refractivity contribution in [2.45, 2.75) is 24.3 Å². The van der Waals surface area contributed by atoms with Gasteiger partial charge in [0.05, 0.1) is 35.8 Å². The molecule has 0 radical (unpaired) electrons. The summed E-state index contributed by atoms with van der Waals surface area (Å²) in [5.74, 6) is -0.735. The summed E-state index contributed by atoms with van der Waals surface area (Å²) in [4.78, 5) is 36.7. The van der Waals surface area contributed by atoms with Gasteiger partial charge in [0.15, 0.2) is 5.75 Å². The van der Waals surface area contributed by atoms with Crippen LogP contribution >= 0.6 is 11.6 Å². The van der Waals surface area contributed by atoms with Crippen molar-refractivity contribution < 1.29 is 18.4 Å². The average molecular weight is 482 g/mol. The van der Waals surface area contributed by atoms with Crippen LogP contribution in [0, 0.1) is 0 Å². The first kappa shape index (κ1) is 23.6. The Morgan fingerprint density at radius 3 is 2.50 bits per heavy atom. The minimum atomic E-state index is -4.30. The minimum Gasteiger partial charge on any atom is -0.504 e. The number of aromatic nitrogens is 2. The fourth-order valence-corrected chi connectivity index (χ4v) is 4.52. The van der Waals surface area contributed by atoms with E-state index in [0.717, 1.165) is 14.2 Å².